The van der Waals surface area contributed by atoms with Crippen LogP contribution < -0.4 is 0 Å². The highest BCUT2D eigenvalue weighted by Crippen LogP contribution is 2.19. The molecule has 1 aliphatic heterocycles. The SMILES string of the molecule is COCCN(CCC(=O)N1CCc2ccccc2C1)C(=O)c1cnc(C)cn1. The van der Waals surface area contributed by atoms with E-state index in [1.54, 1.807) is 18.2 Å². The van der Waals surface area contributed by atoms with Crippen LogP contribution in [0, 0.1) is 6.92 Å². The molecule has 3 rings (SSSR count). The molecule has 0 fully saturated rings. The predicted octanol–water partition coefficient (Wildman–Crippen LogP) is 1.85. The molecule has 0 N–H and O–H groups in total. The standard InChI is InChI=1S/C21H26N4O3/c1-16-13-23-19(14-22-16)21(27)24(11-12-28-2)10-8-20(26)25-9-7-17-5-3-4-6-18(17)15-25/h3-6,13-14H,7-12,15H2,1-2H3. The molecule has 0 aliphatic carbocycles. The summed E-state index contributed by atoms with van der Waals surface area (Å²) in [7, 11) is 1.59. The van der Waals surface area contributed by atoms with E-state index >= 15 is 0 Å². The van der Waals surface area contributed by atoms with Crippen molar-refractivity contribution in [3.63, 3.8) is 0 Å². The van der Waals surface area contributed by atoms with Gasteiger partial charge >= 0.3 is 0 Å². The van der Waals surface area contributed by atoms with Crippen LogP contribution in [0.15, 0.2) is 36.7 Å². The summed E-state index contributed by atoms with van der Waals surface area (Å²) in [5.74, 6) is -0.180. The van der Waals surface area contributed by atoms with Crippen LogP contribution >= 0.6 is 0 Å². The lowest BCUT2D eigenvalue weighted by atomic mass is 10.00. The van der Waals surface area contributed by atoms with E-state index in [4.69, 9.17) is 4.74 Å². The van der Waals surface area contributed by atoms with Crippen LogP contribution in [0.5, 0.6) is 0 Å². The average molecular weight is 382 g/mol. The maximum absolute atomic E-state index is 12.8. The molecule has 7 heteroatoms. The summed E-state index contributed by atoms with van der Waals surface area (Å²) >= 11 is 0. The minimum Gasteiger partial charge on any atom is -0.383 e. The van der Waals surface area contributed by atoms with Gasteiger partial charge in [-0.2, -0.15) is 0 Å². The second-order valence-corrected chi connectivity index (χ2v) is 6.91. The van der Waals surface area contributed by atoms with E-state index < -0.39 is 0 Å². The lowest BCUT2D eigenvalue weighted by Gasteiger charge is -2.30. The quantitative estimate of drug-likeness (QED) is 0.731. The van der Waals surface area contributed by atoms with Crippen molar-refractivity contribution in [2.24, 2.45) is 0 Å². The lowest BCUT2D eigenvalue weighted by molar-refractivity contribution is -0.132. The van der Waals surface area contributed by atoms with Crippen LogP contribution in [0.3, 0.4) is 0 Å². The Bertz CT molecular complexity index is 823. The fourth-order valence-electron chi connectivity index (χ4n) is 3.28. The molecule has 7 nitrogen and oxygen atoms in total. The smallest absolute Gasteiger partial charge is 0.274 e. The first-order valence-electron chi connectivity index (χ1n) is 9.50. The van der Waals surface area contributed by atoms with Crippen LogP contribution in [-0.4, -0.2) is 64.9 Å². The van der Waals surface area contributed by atoms with Gasteiger partial charge in [-0.3, -0.25) is 14.6 Å². The molecular weight excluding hydrogens is 356 g/mol. The number of fused-ring (bicyclic) bond motifs is 1. The Balaban J connectivity index is 1.61. The summed E-state index contributed by atoms with van der Waals surface area (Å²) in [5, 5.41) is 0. The highest BCUT2D eigenvalue weighted by molar-refractivity contribution is 5.92. The molecule has 0 saturated heterocycles. The molecule has 1 aliphatic rings. The first-order valence-corrected chi connectivity index (χ1v) is 9.50. The number of hydrogen-bond donors (Lipinski definition) is 0. The first-order chi connectivity index (χ1) is 13.6. The molecule has 0 radical (unpaired) electrons. The van der Waals surface area contributed by atoms with Crippen molar-refractivity contribution in [1.82, 2.24) is 19.8 Å². The van der Waals surface area contributed by atoms with Gasteiger partial charge in [0, 0.05) is 45.9 Å². The zero-order valence-corrected chi connectivity index (χ0v) is 16.4. The third-order valence-electron chi connectivity index (χ3n) is 4.93. The van der Waals surface area contributed by atoms with E-state index in [0.29, 0.717) is 32.8 Å². The number of methoxy groups -OCH3 is 1. The van der Waals surface area contributed by atoms with Crippen molar-refractivity contribution in [2.45, 2.75) is 26.3 Å². The van der Waals surface area contributed by atoms with E-state index in [1.807, 2.05) is 24.0 Å². The van der Waals surface area contributed by atoms with Gasteiger partial charge in [0.25, 0.3) is 5.91 Å². The molecule has 1 aromatic heterocycles. The number of amides is 2. The molecule has 0 bridgehead atoms. The summed E-state index contributed by atoms with van der Waals surface area (Å²) in [4.78, 5) is 37.2. The van der Waals surface area contributed by atoms with Crippen molar-refractivity contribution in [3.05, 3.63) is 59.2 Å². The third-order valence-corrected chi connectivity index (χ3v) is 4.93. The van der Waals surface area contributed by atoms with Crippen molar-refractivity contribution < 1.29 is 14.3 Å². The first kappa shape index (κ1) is 19.9. The average Bonchev–Trinajstić information content (AvgIpc) is 2.73. The maximum atomic E-state index is 12.8. The number of carbonyl (C=O) groups excluding carboxylic acids is 2. The van der Waals surface area contributed by atoms with Crippen molar-refractivity contribution in [3.8, 4) is 0 Å². The largest absolute Gasteiger partial charge is 0.383 e. The Hall–Kier alpha value is -2.80. The molecular formula is C21H26N4O3. The number of carbonyl (C=O) groups is 2. The van der Waals surface area contributed by atoms with E-state index in [-0.39, 0.29) is 23.9 Å². The number of ether oxygens (including phenoxy) is 1. The normalized spacial score (nSPS) is 13.1. The molecule has 2 amide bonds. The zero-order valence-electron chi connectivity index (χ0n) is 16.4. The molecule has 0 atom stereocenters. The summed E-state index contributed by atoms with van der Waals surface area (Å²) in [6, 6.07) is 8.22. The Morgan fingerprint density at radius 2 is 1.93 bits per heavy atom. The lowest BCUT2D eigenvalue weighted by Crippen LogP contribution is -2.40. The van der Waals surface area contributed by atoms with Gasteiger partial charge < -0.3 is 14.5 Å². The van der Waals surface area contributed by atoms with E-state index in [9.17, 15) is 9.59 Å². The highest BCUT2D eigenvalue weighted by atomic mass is 16.5. The molecule has 1 aromatic carbocycles. The van der Waals surface area contributed by atoms with E-state index in [1.165, 1.54) is 17.3 Å². The Labute approximate surface area is 165 Å². The van der Waals surface area contributed by atoms with Gasteiger partial charge in [0.15, 0.2) is 0 Å². The number of benzene rings is 1. The Kier molecular flexibility index (Phi) is 6.71. The van der Waals surface area contributed by atoms with Gasteiger partial charge in [-0.15, -0.1) is 0 Å². The molecule has 0 saturated carbocycles. The van der Waals surface area contributed by atoms with Crippen LogP contribution in [0.1, 0.15) is 33.7 Å². The molecule has 0 spiro atoms. The second-order valence-electron chi connectivity index (χ2n) is 6.91. The molecule has 148 valence electrons. The summed E-state index contributed by atoms with van der Waals surface area (Å²) in [6.07, 6.45) is 4.18. The molecule has 28 heavy (non-hydrogen) atoms. The third kappa shape index (κ3) is 4.92. The molecule has 2 aromatic rings. The predicted molar refractivity (Wildman–Crippen MR) is 105 cm³/mol. The van der Waals surface area contributed by atoms with Gasteiger partial charge in [0.2, 0.25) is 5.91 Å². The van der Waals surface area contributed by atoms with Gasteiger partial charge in [0.05, 0.1) is 18.5 Å². The zero-order chi connectivity index (χ0) is 19.9. The van der Waals surface area contributed by atoms with Gasteiger partial charge in [-0.05, 0) is 24.5 Å². The number of aromatic nitrogens is 2. The van der Waals surface area contributed by atoms with Crippen LogP contribution in [0.4, 0.5) is 0 Å². The number of nitrogens with zero attached hydrogens (tertiary/aromatic N) is 4. The van der Waals surface area contributed by atoms with Crippen LogP contribution in [0.25, 0.3) is 0 Å². The topological polar surface area (TPSA) is 75.6 Å². The van der Waals surface area contributed by atoms with Crippen LogP contribution in [-0.2, 0) is 22.5 Å². The summed E-state index contributed by atoms with van der Waals surface area (Å²) < 4.78 is 5.11. The number of aryl methyl sites for hydroxylation is 1. The van der Waals surface area contributed by atoms with Crippen molar-refractivity contribution in [2.75, 3.05) is 33.4 Å². The van der Waals surface area contributed by atoms with Gasteiger partial charge in [0.1, 0.15) is 5.69 Å². The van der Waals surface area contributed by atoms with Gasteiger partial charge in [-0.1, -0.05) is 24.3 Å². The molecule has 2 heterocycles. The molecule has 0 unspecified atom stereocenters. The maximum Gasteiger partial charge on any atom is 0.274 e. The van der Waals surface area contributed by atoms with E-state index in [2.05, 4.69) is 22.1 Å². The Morgan fingerprint density at radius 1 is 1.14 bits per heavy atom. The Morgan fingerprint density at radius 3 is 2.64 bits per heavy atom. The van der Waals surface area contributed by atoms with Crippen molar-refractivity contribution in [1.29, 1.82) is 0 Å². The summed E-state index contributed by atoms with van der Waals surface area (Å²) in [6.45, 7) is 4.29. The fourth-order valence-corrected chi connectivity index (χ4v) is 3.28. The minimum atomic E-state index is -0.235. The monoisotopic (exact) mass is 382 g/mol. The number of hydrogen-bond acceptors (Lipinski definition) is 5. The fraction of sp³-hybridized carbons (Fsp3) is 0.429. The van der Waals surface area contributed by atoms with Crippen LogP contribution in [0.2, 0.25) is 0 Å². The second kappa shape index (κ2) is 9.41. The highest BCUT2D eigenvalue weighted by Gasteiger charge is 2.23. The van der Waals surface area contributed by atoms with E-state index in [0.717, 1.165) is 12.1 Å². The van der Waals surface area contributed by atoms with Gasteiger partial charge in [-0.25, -0.2) is 4.98 Å². The van der Waals surface area contributed by atoms with Crippen molar-refractivity contribution >= 4 is 11.8 Å². The minimum absolute atomic E-state index is 0.0553. The summed E-state index contributed by atoms with van der Waals surface area (Å²) in [5.41, 5.74) is 3.53. The number of rotatable bonds is 7.